The second-order valence-corrected chi connectivity index (χ2v) is 12.4. The number of sulfonamides is 1. The van der Waals surface area contributed by atoms with Crippen molar-refractivity contribution >= 4 is 27.5 Å². The predicted octanol–water partition coefficient (Wildman–Crippen LogP) is 4.41. The van der Waals surface area contributed by atoms with Gasteiger partial charge in [-0.15, -0.1) is 0 Å². The molecular formula is C27H37N3O4S. The fourth-order valence-corrected chi connectivity index (χ4v) is 5.09. The Morgan fingerprint density at radius 1 is 1.03 bits per heavy atom. The topological polar surface area (TPSA) is 95.6 Å². The van der Waals surface area contributed by atoms with Crippen LogP contribution in [-0.2, 0) is 20.2 Å². The van der Waals surface area contributed by atoms with Gasteiger partial charge in [0.05, 0.1) is 10.8 Å². The van der Waals surface area contributed by atoms with Gasteiger partial charge in [0.2, 0.25) is 5.91 Å². The standard InChI is InChI=1S/C27H37N3O4S/c1-19(2)17-28-25(31)21-7-6-16-30(18-21)26(32)20-8-12-23(13-9-20)29-35(33,34)24-14-10-22(11-15-24)27(3,4)5/h8-15,19,21,29H,6-7,16-18H2,1-5H3,(H,28,31)/t21-/m0/s1. The van der Waals surface area contributed by atoms with E-state index in [0.717, 1.165) is 18.4 Å². The van der Waals surface area contributed by atoms with E-state index >= 15 is 0 Å². The summed E-state index contributed by atoms with van der Waals surface area (Å²) in [6.45, 7) is 11.9. The maximum Gasteiger partial charge on any atom is 0.261 e. The molecule has 0 unspecified atom stereocenters. The molecule has 7 nitrogen and oxygen atoms in total. The predicted molar refractivity (Wildman–Crippen MR) is 139 cm³/mol. The Bertz CT molecular complexity index is 1130. The molecule has 1 saturated heterocycles. The highest BCUT2D eigenvalue weighted by Crippen LogP contribution is 2.25. The molecule has 1 fully saturated rings. The van der Waals surface area contributed by atoms with Crippen LogP contribution in [0, 0.1) is 11.8 Å². The first kappa shape index (κ1) is 26.7. The van der Waals surface area contributed by atoms with Gasteiger partial charge in [-0.05, 0) is 66.1 Å². The van der Waals surface area contributed by atoms with E-state index in [1.54, 1.807) is 41.3 Å². The first-order valence-electron chi connectivity index (χ1n) is 12.2. The number of carbonyl (C=O) groups excluding carboxylic acids is 2. The molecule has 2 aromatic carbocycles. The number of nitrogens with zero attached hydrogens (tertiary/aromatic N) is 1. The van der Waals surface area contributed by atoms with Crippen LogP contribution >= 0.6 is 0 Å². The van der Waals surface area contributed by atoms with E-state index in [0.29, 0.717) is 36.8 Å². The van der Waals surface area contributed by atoms with Crippen molar-refractivity contribution in [3.63, 3.8) is 0 Å². The number of hydrogen-bond donors (Lipinski definition) is 2. The molecule has 1 atom stereocenters. The summed E-state index contributed by atoms with van der Waals surface area (Å²) in [7, 11) is -3.75. The monoisotopic (exact) mass is 499 g/mol. The van der Waals surface area contributed by atoms with Crippen molar-refractivity contribution in [2.24, 2.45) is 11.8 Å². The van der Waals surface area contributed by atoms with Gasteiger partial charge in [0.25, 0.3) is 15.9 Å². The van der Waals surface area contributed by atoms with E-state index in [-0.39, 0.29) is 28.0 Å². The van der Waals surface area contributed by atoms with Crippen molar-refractivity contribution in [1.82, 2.24) is 10.2 Å². The Hall–Kier alpha value is -2.87. The van der Waals surface area contributed by atoms with Crippen LogP contribution in [0.1, 0.15) is 63.4 Å². The van der Waals surface area contributed by atoms with Crippen LogP contribution in [0.3, 0.4) is 0 Å². The van der Waals surface area contributed by atoms with Crippen LogP contribution in [0.2, 0.25) is 0 Å². The molecule has 1 aliphatic rings. The molecule has 2 aromatic rings. The summed E-state index contributed by atoms with van der Waals surface area (Å²) in [4.78, 5) is 27.4. The van der Waals surface area contributed by atoms with Gasteiger partial charge in [-0.3, -0.25) is 14.3 Å². The minimum atomic E-state index is -3.75. The smallest absolute Gasteiger partial charge is 0.261 e. The molecule has 190 valence electrons. The highest BCUT2D eigenvalue weighted by molar-refractivity contribution is 7.92. The van der Waals surface area contributed by atoms with Gasteiger partial charge in [0.1, 0.15) is 0 Å². The van der Waals surface area contributed by atoms with E-state index < -0.39 is 10.0 Å². The van der Waals surface area contributed by atoms with Gasteiger partial charge < -0.3 is 10.2 Å². The molecule has 1 aliphatic heterocycles. The van der Waals surface area contributed by atoms with Crippen LogP contribution < -0.4 is 10.0 Å². The molecule has 8 heteroatoms. The van der Waals surface area contributed by atoms with Crippen LogP contribution in [0.25, 0.3) is 0 Å². The summed E-state index contributed by atoms with van der Waals surface area (Å²) >= 11 is 0. The molecule has 2 N–H and O–H groups in total. The van der Waals surface area contributed by atoms with Crippen LogP contribution in [0.4, 0.5) is 5.69 Å². The summed E-state index contributed by atoms with van der Waals surface area (Å²) in [5.41, 5.74) is 1.83. The van der Waals surface area contributed by atoms with Gasteiger partial charge in [-0.1, -0.05) is 46.8 Å². The lowest BCUT2D eigenvalue weighted by atomic mass is 9.87. The highest BCUT2D eigenvalue weighted by atomic mass is 32.2. The lowest BCUT2D eigenvalue weighted by Gasteiger charge is -2.32. The fourth-order valence-electron chi connectivity index (χ4n) is 4.04. The zero-order valence-corrected chi connectivity index (χ0v) is 22.1. The Kier molecular flexibility index (Phi) is 8.26. The molecule has 3 rings (SSSR count). The third-order valence-electron chi connectivity index (χ3n) is 6.18. The lowest BCUT2D eigenvalue weighted by Crippen LogP contribution is -2.46. The van der Waals surface area contributed by atoms with E-state index in [9.17, 15) is 18.0 Å². The van der Waals surface area contributed by atoms with Crippen molar-refractivity contribution in [2.75, 3.05) is 24.4 Å². The van der Waals surface area contributed by atoms with Crippen LogP contribution in [-0.4, -0.2) is 44.8 Å². The molecular weight excluding hydrogens is 462 g/mol. The number of nitrogens with one attached hydrogen (secondary N) is 2. The van der Waals surface area contributed by atoms with Crippen LogP contribution in [0.5, 0.6) is 0 Å². The number of benzene rings is 2. The summed E-state index contributed by atoms with van der Waals surface area (Å²) in [5, 5.41) is 2.96. The number of piperidine rings is 1. The number of anilines is 1. The summed E-state index contributed by atoms with van der Waals surface area (Å²) in [6, 6.07) is 13.3. The minimum absolute atomic E-state index is 0.00325. The van der Waals surface area contributed by atoms with Crippen molar-refractivity contribution in [2.45, 2.75) is 57.8 Å². The zero-order valence-electron chi connectivity index (χ0n) is 21.3. The number of amides is 2. The molecule has 0 aromatic heterocycles. The van der Waals surface area contributed by atoms with Gasteiger partial charge in [0, 0.05) is 30.9 Å². The lowest BCUT2D eigenvalue weighted by molar-refractivity contribution is -0.126. The van der Waals surface area contributed by atoms with E-state index in [4.69, 9.17) is 0 Å². The van der Waals surface area contributed by atoms with Crippen molar-refractivity contribution in [3.05, 3.63) is 59.7 Å². The second-order valence-electron chi connectivity index (χ2n) is 10.7. The maximum atomic E-state index is 13.0. The molecule has 0 saturated carbocycles. The highest BCUT2D eigenvalue weighted by Gasteiger charge is 2.29. The maximum absolute atomic E-state index is 13.0. The fraction of sp³-hybridized carbons (Fsp3) is 0.481. The van der Waals surface area contributed by atoms with Gasteiger partial charge in [-0.25, -0.2) is 8.42 Å². The third kappa shape index (κ3) is 7.07. The SMILES string of the molecule is CC(C)CNC(=O)[C@H]1CCCN(C(=O)c2ccc(NS(=O)(=O)c3ccc(C(C)(C)C)cc3)cc2)C1. The first-order valence-corrected chi connectivity index (χ1v) is 13.7. The number of carbonyl (C=O) groups is 2. The largest absolute Gasteiger partial charge is 0.356 e. The average Bonchev–Trinajstić information content (AvgIpc) is 2.82. The molecule has 0 bridgehead atoms. The average molecular weight is 500 g/mol. The molecule has 1 heterocycles. The van der Waals surface area contributed by atoms with Gasteiger partial charge in [0.15, 0.2) is 0 Å². The van der Waals surface area contributed by atoms with Crippen molar-refractivity contribution < 1.29 is 18.0 Å². The number of rotatable bonds is 7. The number of hydrogen-bond acceptors (Lipinski definition) is 4. The summed E-state index contributed by atoms with van der Waals surface area (Å²) in [6.07, 6.45) is 1.54. The first-order chi connectivity index (χ1) is 16.4. The third-order valence-corrected chi connectivity index (χ3v) is 7.58. The van der Waals surface area contributed by atoms with E-state index in [2.05, 4.69) is 30.8 Å². The van der Waals surface area contributed by atoms with Crippen molar-refractivity contribution in [3.8, 4) is 0 Å². The normalized spacial score (nSPS) is 16.7. The second kappa shape index (κ2) is 10.8. The zero-order chi connectivity index (χ0) is 25.8. The minimum Gasteiger partial charge on any atom is -0.356 e. The Morgan fingerprint density at radius 2 is 1.66 bits per heavy atom. The van der Waals surface area contributed by atoms with Crippen molar-refractivity contribution in [1.29, 1.82) is 0 Å². The summed E-state index contributed by atoms with van der Waals surface area (Å²) in [5.74, 6) is 0.0105. The molecule has 0 spiro atoms. The summed E-state index contributed by atoms with van der Waals surface area (Å²) < 4.78 is 28.2. The molecule has 2 amide bonds. The van der Waals surface area contributed by atoms with Gasteiger partial charge >= 0.3 is 0 Å². The molecule has 0 aliphatic carbocycles. The van der Waals surface area contributed by atoms with E-state index in [1.807, 2.05) is 26.0 Å². The van der Waals surface area contributed by atoms with Crippen LogP contribution in [0.15, 0.2) is 53.4 Å². The molecule has 35 heavy (non-hydrogen) atoms. The quantitative estimate of drug-likeness (QED) is 0.590. The van der Waals surface area contributed by atoms with E-state index in [1.165, 1.54) is 0 Å². The Labute approximate surface area is 209 Å². The van der Waals surface area contributed by atoms with Gasteiger partial charge in [-0.2, -0.15) is 0 Å². The number of likely N-dealkylation sites (tertiary alicyclic amines) is 1. The Balaban J connectivity index is 1.64. The Morgan fingerprint density at radius 3 is 2.23 bits per heavy atom. The molecule has 0 radical (unpaired) electrons.